The number of hydrogen-bond acceptors (Lipinski definition) is 3. The Balaban J connectivity index is 1.86. The Morgan fingerprint density at radius 1 is 1.00 bits per heavy atom. The summed E-state index contributed by atoms with van der Waals surface area (Å²) in [5, 5.41) is 0. The van der Waals surface area contributed by atoms with Crippen molar-refractivity contribution >= 4 is 15.7 Å². The molecule has 0 atom stereocenters. The first kappa shape index (κ1) is 16.3. The van der Waals surface area contributed by atoms with Crippen LogP contribution in [-0.2, 0) is 10.0 Å². The molecule has 0 aliphatic rings. The lowest BCUT2D eigenvalue weighted by molar-refractivity contribution is 0.600. The van der Waals surface area contributed by atoms with E-state index in [1.54, 1.807) is 31.3 Å². The highest BCUT2D eigenvalue weighted by Crippen LogP contribution is 2.23. The van der Waals surface area contributed by atoms with Gasteiger partial charge in [0.05, 0.1) is 16.8 Å². The van der Waals surface area contributed by atoms with E-state index in [0.717, 1.165) is 28.2 Å². The molecule has 0 saturated heterocycles. The number of anilines is 1. The summed E-state index contributed by atoms with van der Waals surface area (Å²) in [5.41, 5.74) is 4.00. The van der Waals surface area contributed by atoms with E-state index >= 15 is 0 Å². The van der Waals surface area contributed by atoms with Crippen molar-refractivity contribution < 1.29 is 8.42 Å². The van der Waals surface area contributed by atoms with Gasteiger partial charge in [-0.3, -0.25) is 4.72 Å². The van der Waals surface area contributed by atoms with Crippen LogP contribution in [-0.4, -0.2) is 18.4 Å². The molecule has 0 aliphatic carbocycles. The number of aryl methyl sites for hydroxylation is 3. The lowest BCUT2D eigenvalue weighted by atomic mass is 10.1. The lowest BCUT2D eigenvalue weighted by Gasteiger charge is -2.11. The van der Waals surface area contributed by atoms with Crippen LogP contribution in [0.5, 0.6) is 0 Å². The molecular formula is C18H19N3O2S. The third-order valence-corrected chi connectivity index (χ3v) is 5.31. The molecule has 3 aromatic rings. The molecule has 6 heteroatoms. The average molecular weight is 341 g/mol. The third kappa shape index (κ3) is 3.33. The number of aromatic amines is 1. The molecule has 0 amide bonds. The fraction of sp³-hybridized carbons (Fsp3) is 0.167. The topological polar surface area (TPSA) is 74.8 Å². The van der Waals surface area contributed by atoms with E-state index in [2.05, 4.69) is 14.7 Å². The fourth-order valence-electron chi connectivity index (χ4n) is 2.49. The van der Waals surface area contributed by atoms with Crippen molar-refractivity contribution in [1.82, 2.24) is 9.97 Å². The molecule has 0 bridgehead atoms. The molecule has 2 aromatic carbocycles. The predicted octanol–water partition coefficient (Wildman–Crippen LogP) is 3.80. The Kier molecular flexibility index (Phi) is 4.15. The van der Waals surface area contributed by atoms with Crippen molar-refractivity contribution in [2.45, 2.75) is 25.7 Å². The number of H-pyrrole nitrogens is 1. The van der Waals surface area contributed by atoms with E-state index < -0.39 is 10.0 Å². The molecule has 5 nitrogen and oxygen atoms in total. The molecule has 1 heterocycles. The summed E-state index contributed by atoms with van der Waals surface area (Å²) in [6.45, 7) is 5.55. The van der Waals surface area contributed by atoms with Gasteiger partial charge in [0.25, 0.3) is 10.0 Å². The molecule has 0 radical (unpaired) electrons. The minimum absolute atomic E-state index is 0.302. The average Bonchev–Trinajstić information content (AvgIpc) is 2.96. The molecule has 2 N–H and O–H groups in total. The van der Waals surface area contributed by atoms with E-state index in [9.17, 15) is 8.42 Å². The van der Waals surface area contributed by atoms with Gasteiger partial charge in [0.2, 0.25) is 0 Å². The number of sulfonamides is 1. The molecule has 3 rings (SSSR count). The standard InChI is InChI=1S/C18H19N3O2S/c1-12-4-5-13(2)18(10-12)24(22,23)21-16-8-6-15(7-9-16)17-11-19-14(3)20-17/h4-11,21H,1-3H3,(H,19,20). The molecule has 1 aromatic heterocycles. The molecule has 0 spiro atoms. The number of imidazole rings is 1. The van der Waals surface area contributed by atoms with E-state index in [0.29, 0.717) is 10.6 Å². The highest BCUT2D eigenvalue weighted by atomic mass is 32.2. The van der Waals surface area contributed by atoms with Gasteiger partial charge in [-0.05, 0) is 55.7 Å². The smallest absolute Gasteiger partial charge is 0.262 e. The zero-order chi connectivity index (χ0) is 17.3. The number of rotatable bonds is 4. The van der Waals surface area contributed by atoms with Crippen molar-refractivity contribution in [2.24, 2.45) is 0 Å². The number of aromatic nitrogens is 2. The van der Waals surface area contributed by atoms with Gasteiger partial charge < -0.3 is 4.98 Å². The van der Waals surface area contributed by atoms with Crippen LogP contribution in [0.2, 0.25) is 0 Å². The molecule has 0 fully saturated rings. The Morgan fingerprint density at radius 2 is 1.71 bits per heavy atom. The summed E-state index contributed by atoms with van der Waals surface area (Å²) < 4.78 is 27.8. The monoisotopic (exact) mass is 341 g/mol. The first-order valence-corrected chi connectivity index (χ1v) is 9.05. The molecular weight excluding hydrogens is 322 g/mol. The van der Waals surface area contributed by atoms with Gasteiger partial charge >= 0.3 is 0 Å². The first-order valence-electron chi connectivity index (χ1n) is 7.57. The second kappa shape index (κ2) is 6.13. The van der Waals surface area contributed by atoms with Crippen molar-refractivity contribution in [2.75, 3.05) is 4.72 Å². The Labute approximate surface area is 141 Å². The maximum Gasteiger partial charge on any atom is 0.262 e. The quantitative estimate of drug-likeness (QED) is 0.758. The summed E-state index contributed by atoms with van der Waals surface area (Å²) in [6.07, 6.45) is 1.75. The second-order valence-electron chi connectivity index (χ2n) is 5.83. The first-order chi connectivity index (χ1) is 11.3. The maximum atomic E-state index is 12.6. The van der Waals surface area contributed by atoms with Crippen molar-refractivity contribution in [3.63, 3.8) is 0 Å². The fourth-order valence-corrected chi connectivity index (χ4v) is 3.88. The van der Waals surface area contributed by atoms with Gasteiger partial charge in [0.1, 0.15) is 5.82 Å². The van der Waals surface area contributed by atoms with Gasteiger partial charge in [-0.25, -0.2) is 13.4 Å². The SMILES string of the molecule is Cc1ccc(C)c(S(=O)(=O)Nc2ccc(-c3cnc(C)[nH]3)cc2)c1. The van der Waals surface area contributed by atoms with Gasteiger partial charge in [-0.15, -0.1) is 0 Å². The second-order valence-corrected chi connectivity index (χ2v) is 7.48. The number of nitrogens with zero attached hydrogens (tertiary/aromatic N) is 1. The molecule has 124 valence electrons. The summed E-state index contributed by atoms with van der Waals surface area (Å²) in [4.78, 5) is 7.62. The largest absolute Gasteiger partial charge is 0.342 e. The van der Waals surface area contributed by atoms with E-state index in [1.807, 2.05) is 38.1 Å². The summed E-state index contributed by atoms with van der Waals surface area (Å²) >= 11 is 0. The zero-order valence-corrected chi connectivity index (χ0v) is 14.6. The van der Waals surface area contributed by atoms with Crippen LogP contribution in [0.15, 0.2) is 53.6 Å². The number of nitrogens with one attached hydrogen (secondary N) is 2. The molecule has 0 aliphatic heterocycles. The van der Waals surface area contributed by atoms with Crippen molar-refractivity contribution in [3.05, 3.63) is 65.6 Å². The van der Waals surface area contributed by atoms with Gasteiger partial charge in [0.15, 0.2) is 0 Å². The summed E-state index contributed by atoms with van der Waals surface area (Å²) in [7, 11) is -3.61. The van der Waals surface area contributed by atoms with Crippen LogP contribution in [0.4, 0.5) is 5.69 Å². The van der Waals surface area contributed by atoms with Gasteiger partial charge in [0, 0.05) is 5.69 Å². The Hall–Kier alpha value is -2.60. The molecule has 0 unspecified atom stereocenters. The van der Waals surface area contributed by atoms with E-state index in [-0.39, 0.29) is 0 Å². The van der Waals surface area contributed by atoms with Crippen molar-refractivity contribution in [1.29, 1.82) is 0 Å². The Morgan fingerprint density at radius 3 is 2.33 bits per heavy atom. The minimum atomic E-state index is -3.61. The van der Waals surface area contributed by atoms with Crippen LogP contribution in [0.3, 0.4) is 0 Å². The number of benzene rings is 2. The highest BCUT2D eigenvalue weighted by Gasteiger charge is 2.17. The van der Waals surface area contributed by atoms with Crippen LogP contribution in [0.1, 0.15) is 17.0 Å². The lowest BCUT2D eigenvalue weighted by Crippen LogP contribution is -2.14. The number of hydrogen-bond donors (Lipinski definition) is 2. The van der Waals surface area contributed by atoms with E-state index in [4.69, 9.17) is 0 Å². The van der Waals surface area contributed by atoms with E-state index in [1.165, 1.54) is 0 Å². The maximum absolute atomic E-state index is 12.6. The Bertz CT molecular complexity index is 974. The summed E-state index contributed by atoms with van der Waals surface area (Å²) in [6, 6.07) is 12.6. The third-order valence-electron chi connectivity index (χ3n) is 3.78. The van der Waals surface area contributed by atoms with Crippen LogP contribution < -0.4 is 4.72 Å². The molecule has 0 saturated carbocycles. The highest BCUT2D eigenvalue weighted by molar-refractivity contribution is 7.92. The van der Waals surface area contributed by atoms with Crippen LogP contribution in [0, 0.1) is 20.8 Å². The van der Waals surface area contributed by atoms with Crippen LogP contribution >= 0.6 is 0 Å². The van der Waals surface area contributed by atoms with Gasteiger partial charge in [-0.2, -0.15) is 0 Å². The van der Waals surface area contributed by atoms with Crippen molar-refractivity contribution in [3.8, 4) is 11.3 Å². The van der Waals surface area contributed by atoms with Crippen LogP contribution in [0.25, 0.3) is 11.3 Å². The molecule has 24 heavy (non-hydrogen) atoms. The zero-order valence-electron chi connectivity index (χ0n) is 13.8. The predicted molar refractivity (Wildman–Crippen MR) is 95.5 cm³/mol. The van der Waals surface area contributed by atoms with Gasteiger partial charge in [-0.1, -0.05) is 24.3 Å². The normalized spacial score (nSPS) is 11.5. The minimum Gasteiger partial charge on any atom is -0.342 e. The summed E-state index contributed by atoms with van der Waals surface area (Å²) in [5.74, 6) is 0.838.